The molecule has 162 valence electrons. The summed E-state index contributed by atoms with van der Waals surface area (Å²) in [4.78, 5) is 22.1. The molecule has 0 bridgehead atoms. The zero-order valence-electron chi connectivity index (χ0n) is 19.0. The number of hydrogen-bond donors (Lipinski definition) is 0. The number of pyridine rings is 2. The molecule has 0 N–H and O–H groups in total. The van der Waals surface area contributed by atoms with Gasteiger partial charge < -0.3 is 0 Å². The lowest BCUT2D eigenvalue weighted by Gasteiger charge is -2.13. The van der Waals surface area contributed by atoms with Crippen LogP contribution in [0.4, 0.5) is 0 Å². The van der Waals surface area contributed by atoms with Crippen LogP contribution in [0.5, 0.6) is 0 Å². The van der Waals surface area contributed by atoms with Gasteiger partial charge in [0.15, 0.2) is 5.78 Å². The number of benzene rings is 2. The predicted octanol–water partition coefficient (Wildman–Crippen LogP) is 6.35. The molecule has 0 saturated heterocycles. The fourth-order valence-electron chi connectivity index (χ4n) is 4.47. The molecule has 2 heterocycles. The van der Waals surface area contributed by atoms with Crippen LogP contribution >= 0.6 is 0 Å². The van der Waals surface area contributed by atoms with E-state index in [2.05, 4.69) is 54.4 Å². The summed E-state index contributed by atoms with van der Waals surface area (Å²) < 4.78 is 0. The second kappa shape index (κ2) is 8.95. The molecule has 0 unspecified atom stereocenters. The van der Waals surface area contributed by atoms with Crippen LogP contribution in [0.25, 0.3) is 17.2 Å². The van der Waals surface area contributed by atoms with Crippen molar-refractivity contribution in [3.05, 3.63) is 124 Å². The third kappa shape index (κ3) is 4.54. The van der Waals surface area contributed by atoms with E-state index in [0.29, 0.717) is 6.42 Å². The van der Waals surface area contributed by atoms with Crippen LogP contribution in [0.2, 0.25) is 0 Å². The molecule has 0 radical (unpaired) electrons. The minimum absolute atomic E-state index is 0.147. The van der Waals surface area contributed by atoms with Crippen LogP contribution in [0.15, 0.2) is 79.1 Å². The Morgan fingerprint density at radius 2 is 1.91 bits per heavy atom. The quantitative estimate of drug-likeness (QED) is 0.335. The maximum atomic E-state index is 12.8. The van der Waals surface area contributed by atoms with E-state index in [1.165, 1.54) is 22.3 Å². The van der Waals surface area contributed by atoms with Crippen LogP contribution in [0.1, 0.15) is 49.6 Å². The highest BCUT2D eigenvalue weighted by atomic mass is 16.1. The Bertz CT molecular complexity index is 1370. The summed E-state index contributed by atoms with van der Waals surface area (Å²) in [5.74, 6) is 0.147. The van der Waals surface area contributed by atoms with E-state index >= 15 is 0 Å². The van der Waals surface area contributed by atoms with Crippen molar-refractivity contribution in [3.8, 4) is 11.1 Å². The summed E-state index contributed by atoms with van der Waals surface area (Å²) in [6.07, 6.45) is 10.0. The van der Waals surface area contributed by atoms with Gasteiger partial charge in [-0.1, -0.05) is 60.2 Å². The predicted molar refractivity (Wildman–Crippen MR) is 133 cm³/mol. The second-order valence-electron chi connectivity index (χ2n) is 8.78. The van der Waals surface area contributed by atoms with Gasteiger partial charge in [-0.05, 0) is 54.3 Å². The Labute approximate surface area is 194 Å². The van der Waals surface area contributed by atoms with E-state index in [4.69, 9.17) is 4.98 Å². The zero-order chi connectivity index (χ0) is 22.8. The Kier molecular flexibility index (Phi) is 5.70. The number of hydrogen-bond acceptors (Lipinski definition) is 3. The average molecular weight is 431 g/mol. The third-order valence-corrected chi connectivity index (χ3v) is 6.25. The Hall–Kier alpha value is -3.85. The standard InChI is InChI=1S/C30H26N2O/c1-20-6-3-7-23(14-20)30(33)16-22-12-11-21(2)25(15-22)17-26-18-28(24-8-5-13-31-19-24)27-9-4-10-29(27)32-26/h3-9,11-15,18-19H,10,16-17H2,1-2H3. The lowest BCUT2D eigenvalue weighted by Crippen LogP contribution is -2.05. The molecule has 0 amide bonds. The van der Waals surface area contributed by atoms with E-state index in [-0.39, 0.29) is 5.78 Å². The first kappa shape index (κ1) is 21.0. The van der Waals surface area contributed by atoms with Crippen molar-refractivity contribution in [2.45, 2.75) is 33.1 Å². The topological polar surface area (TPSA) is 42.9 Å². The molecule has 3 heteroatoms. The van der Waals surface area contributed by atoms with Crippen LogP contribution in [0, 0.1) is 13.8 Å². The fourth-order valence-corrected chi connectivity index (χ4v) is 4.47. The van der Waals surface area contributed by atoms with E-state index in [9.17, 15) is 4.79 Å². The number of carbonyl (C=O) groups is 1. The molecule has 2 aromatic heterocycles. The molecular weight excluding hydrogens is 404 g/mol. The number of allylic oxidation sites excluding steroid dienone is 1. The second-order valence-corrected chi connectivity index (χ2v) is 8.78. The van der Waals surface area contributed by atoms with Crippen molar-refractivity contribution in [2.75, 3.05) is 0 Å². The number of fused-ring (bicyclic) bond motifs is 1. The highest BCUT2D eigenvalue weighted by molar-refractivity contribution is 5.97. The highest BCUT2D eigenvalue weighted by Gasteiger charge is 2.16. The normalized spacial score (nSPS) is 12.1. The summed E-state index contributed by atoms with van der Waals surface area (Å²) in [7, 11) is 0. The molecule has 0 spiro atoms. The van der Waals surface area contributed by atoms with Crippen LogP contribution in [0.3, 0.4) is 0 Å². The molecule has 0 fully saturated rings. The molecule has 0 atom stereocenters. The molecule has 1 aliphatic carbocycles. The molecule has 33 heavy (non-hydrogen) atoms. The molecule has 0 saturated carbocycles. The molecule has 1 aliphatic rings. The number of carbonyl (C=O) groups excluding carboxylic acids is 1. The SMILES string of the molecule is Cc1cccc(C(=O)Cc2ccc(C)c(Cc3cc(-c4cccnc4)c4c(n3)CC=C4)c2)c1. The number of Topliss-reactive ketones (excluding diaryl/α,β-unsaturated/α-hetero) is 1. The van der Waals surface area contributed by atoms with Crippen molar-refractivity contribution in [1.82, 2.24) is 9.97 Å². The van der Waals surface area contributed by atoms with Crippen molar-refractivity contribution in [3.63, 3.8) is 0 Å². The number of rotatable bonds is 6. The highest BCUT2D eigenvalue weighted by Crippen LogP contribution is 2.31. The van der Waals surface area contributed by atoms with Gasteiger partial charge in [-0.25, -0.2) is 0 Å². The Morgan fingerprint density at radius 3 is 2.73 bits per heavy atom. The maximum absolute atomic E-state index is 12.8. The van der Waals surface area contributed by atoms with Crippen LogP contribution in [-0.4, -0.2) is 15.8 Å². The van der Waals surface area contributed by atoms with Gasteiger partial charge in [0.2, 0.25) is 0 Å². The molecule has 3 nitrogen and oxygen atoms in total. The van der Waals surface area contributed by atoms with Gasteiger partial charge in [0.25, 0.3) is 0 Å². The first-order valence-corrected chi connectivity index (χ1v) is 11.3. The summed E-state index contributed by atoms with van der Waals surface area (Å²) in [5.41, 5.74) is 11.0. The van der Waals surface area contributed by atoms with Crippen molar-refractivity contribution in [1.29, 1.82) is 0 Å². The Balaban J connectivity index is 1.44. The summed E-state index contributed by atoms with van der Waals surface area (Å²) in [6, 6.07) is 20.4. The van der Waals surface area contributed by atoms with E-state index in [1.54, 1.807) is 6.20 Å². The van der Waals surface area contributed by atoms with Gasteiger partial charge in [-0.3, -0.25) is 14.8 Å². The van der Waals surface area contributed by atoms with Crippen molar-refractivity contribution in [2.24, 2.45) is 0 Å². The summed E-state index contributed by atoms with van der Waals surface area (Å²) >= 11 is 0. The number of ketones is 1. The molecule has 5 rings (SSSR count). The molecule has 4 aromatic rings. The van der Waals surface area contributed by atoms with Gasteiger partial charge in [0.05, 0.1) is 5.69 Å². The van der Waals surface area contributed by atoms with Gasteiger partial charge in [0.1, 0.15) is 0 Å². The van der Waals surface area contributed by atoms with E-state index < -0.39 is 0 Å². The van der Waals surface area contributed by atoms with Gasteiger partial charge >= 0.3 is 0 Å². The van der Waals surface area contributed by atoms with E-state index in [0.717, 1.165) is 46.5 Å². The zero-order valence-corrected chi connectivity index (χ0v) is 19.0. The van der Waals surface area contributed by atoms with Crippen molar-refractivity contribution >= 4 is 11.9 Å². The van der Waals surface area contributed by atoms with Gasteiger partial charge in [-0.2, -0.15) is 0 Å². The largest absolute Gasteiger partial charge is 0.294 e. The fraction of sp³-hybridized carbons (Fsp3) is 0.167. The summed E-state index contributed by atoms with van der Waals surface area (Å²) in [5, 5.41) is 0. The van der Waals surface area contributed by atoms with Crippen molar-refractivity contribution < 1.29 is 4.79 Å². The number of nitrogens with zero attached hydrogens (tertiary/aromatic N) is 2. The molecule has 0 aliphatic heterocycles. The first-order chi connectivity index (χ1) is 16.1. The van der Waals surface area contributed by atoms with Gasteiger partial charge in [0, 0.05) is 54.0 Å². The molecular formula is C30H26N2O. The number of aryl methyl sites for hydroxylation is 2. The van der Waals surface area contributed by atoms with Crippen LogP contribution in [-0.2, 0) is 19.3 Å². The number of aromatic nitrogens is 2. The lowest BCUT2D eigenvalue weighted by molar-refractivity contribution is 0.0993. The Morgan fingerprint density at radius 1 is 1.00 bits per heavy atom. The van der Waals surface area contributed by atoms with Gasteiger partial charge in [-0.15, -0.1) is 0 Å². The minimum atomic E-state index is 0.147. The first-order valence-electron chi connectivity index (χ1n) is 11.3. The van der Waals surface area contributed by atoms with E-state index in [1.807, 2.05) is 43.5 Å². The third-order valence-electron chi connectivity index (χ3n) is 6.25. The molecule has 2 aromatic carbocycles. The average Bonchev–Trinajstić information content (AvgIpc) is 3.30. The summed E-state index contributed by atoms with van der Waals surface area (Å²) in [6.45, 7) is 4.14. The minimum Gasteiger partial charge on any atom is -0.294 e. The lowest BCUT2D eigenvalue weighted by atomic mass is 9.94. The monoisotopic (exact) mass is 430 g/mol. The maximum Gasteiger partial charge on any atom is 0.167 e. The smallest absolute Gasteiger partial charge is 0.167 e. The van der Waals surface area contributed by atoms with Crippen LogP contribution < -0.4 is 0 Å².